The predicted molar refractivity (Wildman–Crippen MR) is 120 cm³/mol. The summed E-state index contributed by atoms with van der Waals surface area (Å²) in [5, 5.41) is 20.7. The molecule has 6 rings (SSSR count). The number of tetrazole rings is 1. The van der Waals surface area contributed by atoms with Crippen LogP contribution in [0.25, 0.3) is 0 Å². The molecule has 0 saturated carbocycles. The van der Waals surface area contributed by atoms with Crippen LogP contribution in [0.1, 0.15) is 55.7 Å². The Balaban J connectivity index is 1.21. The quantitative estimate of drug-likeness (QED) is 0.528. The second-order valence-corrected chi connectivity index (χ2v) is 9.04. The van der Waals surface area contributed by atoms with Gasteiger partial charge in [-0.25, -0.2) is 4.68 Å². The predicted octanol–water partition coefficient (Wildman–Crippen LogP) is 0.691. The summed E-state index contributed by atoms with van der Waals surface area (Å²) >= 11 is 0. The summed E-state index contributed by atoms with van der Waals surface area (Å²) in [4.78, 5) is 38.4. The van der Waals surface area contributed by atoms with E-state index >= 15 is 0 Å². The van der Waals surface area contributed by atoms with Crippen LogP contribution >= 0.6 is 0 Å². The van der Waals surface area contributed by atoms with Crippen molar-refractivity contribution < 1.29 is 14.4 Å². The molecule has 1 aliphatic carbocycles. The molecule has 0 radical (unpaired) electrons. The van der Waals surface area contributed by atoms with E-state index in [-0.39, 0.29) is 35.7 Å². The van der Waals surface area contributed by atoms with E-state index in [0.717, 1.165) is 22.5 Å². The van der Waals surface area contributed by atoms with Crippen molar-refractivity contribution in [3.05, 3.63) is 76.1 Å². The molecular weight excluding hydrogens is 434 g/mol. The van der Waals surface area contributed by atoms with E-state index in [1.807, 2.05) is 24.3 Å². The van der Waals surface area contributed by atoms with E-state index in [9.17, 15) is 14.4 Å². The van der Waals surface area contributed by atoms with Crippen LogP contribution in [-0.2, 0) is 30.7 Å². The van der Waals surface area contributed by atoms with Crippen LogP contribution in [0.3, 0.4) is 0 Å². The summed E-state index contributed by atoms with van der Waals surface area (Å²) in [6, 6.07) is 12.4. The van der Waals surface area contributed by atoms with Crippen molar-refractivity contribution >= 4 is 17.7 Å². The molecule has 0 saturated heterocycles. The van der Waals surface area contributed by atoms with Crippen molar-refractivity contribution in [3.8, 4) is 0 Å². The summed E-state index contributed by atoms with van der Waals surface area (Å²) in [5.74, 6) is 0.0582. The van der Waals surface area contributed by atoms with E-state index in [2.05, 4.69) is 31.5 Å². The van der Waals surface area contributed by atoms with Gasteiger partial charge in [0.05, 0.1) is 24.5 Å². The molecule has 3 aromatic rings. The fraction of sp³-hybridized carbons (Fsp3) is 0.333. The molecule has 34 heavy (non-hydrogen) atoms. The lowest BCUT2D eigenvalue weighted by atomic mass is 9.97. The summed E-state index contributed by atoms with van der Waals surface area (Å²) in [7, 11) is 0. The number of carbonyl (C=O) groups excluding carboxylic acids is 3. The Hall–Kier alpha value is -4.08. The highest BCUT2D eigenvalue weighted by atomic mass is 16.2. The summed E-state index contributed by atoms with van der Waals surface area (Å²) in [6.07, 6.45) is 1.96. The van der Waals surface area contributed by atoms with Gasteiger partial charge < -0.3 is 16.0 Å². The normalized spacial score (nSPS) is 22.4. The van der Waals surface area contributed by atoms with Gasteiger partial charge in [-0.2, -0.15) is 0 Å². The zero-order valence-corrected chi connectivity index (χ0v) is 18.3. The first kappa shape index (κ1) is 20.5. The maximum Gasteiger partial charge on any atom is 0.251 e. The highest BCUT2D eigenvalue weighted by Gasteiger charge is 2.37. The number of aryl methyl sites for hydroxylation is 1. The molecular formula is C24H23N7O3. The highest BCUT2D eigenvalue weighted by molar-refractivity contribution is 6.02. The lowest BCUT2D eigenvalue weighted by Gasteiger charge is -2.27. The Morgan fingerprint density at radius 1 is 1.09 bits per heavy atom. The van der Waals surface area contributed by atoms with Gasteiger partial charge >= 0.3 is 0 Å². The molecule has 1 aromatic heterocycles. The van der Waals surface area contributed by atoms with E-state index < -0.39 is 0 Å². The number of nitrogens with one attached hydrogen (secondary N) is 3. The van der Waals surface area contributed by atoms with E-state index in [0.29, 0.717) is 43.5 Å². The van der Waals surface area contributed by atoms with E-state index in [4.69, 9.17) is 0 Å². The number of hydrogen-bond acceptors (Lipinski definition) is 6. The fourth-order valence-corrected chi connectivity index (χ4v) is 5.15. The molecule has 0 spiro atoms. The summed E-state index contributed by atoms with van der Waals surface area (Å²) < 4.78 is 1.68. The van der Waals surface area contributed by atoms with Gasteiger partial charge in [-0.15, -0.1) is 5.10 Å². The smallest absolute Gasteiger partial charge is 0.251 e. The minimum absolute atomic E-state index is 0.0626. The summed E-state index contributed by atoms with van der Waals surface area (Å²) in [6.45, 7) is 0.926. The number of hydrogen-bond donors (Lipinski definition) is 3. The fourth-order valence-electron chi connectivity index (χ4n) is 5.15. The van der Waals surface area contributed by atoms with Crippen LogP contribution in [0.5, 0.6) is 0 Å². The van der Waals surface area contributed by atoms with Crippen LogP contribution in [-0.4, -0.2) is 44.0 Å². The van der Waals surface area contributed by atoms with Gasteiger partial charge in [-0.05, 0) is 52.1 Å². The van der Waals surface area contributed by atoms with Crippen molar-refractivity contribution in [2.24, 2.45) is 5.92 Å². The number of benzene rings is 2. The third kappa shape index (κ3) is 3.51. The van der Waals surface area contributed by atoms with Gasteiger partial charge in [0.2, 0.25) is 5.91 Å². The van der Waals surface area contributed by atoms with Gasteiger partial charge in [-0.3, -0.25) is 14.4 Å². The first-order valence-electron chi connectivity index (χ1n) is 11.4. The number of aromatic nitrogens is 4. The SMILES string of the molecule is O=C(N[C@@H]1c2ccccc2C[C@H]1NC(=O)C1CCc2nnnn2C1)c1ccc2c(c1)C(=O)NC2. The van der Waals surface area contributed by atoms with E-state index in [1.54, 1.807) is 22.9 Å². The average molecular weight is 457 g/mol. The number of carbonyl (C=O) groups is 3. The van der Waals surface area contributed by atoms with Gasteiger partial charge in [0.1, 0.15) is 0 Å². The molecule has 172 valence electrons. The van der Waals surface area contributed by atoms with Crippen LogP contribution in [0, 0.1) is 5.92 Å². The van der Waals surface area contributed by atoms with Crippen LogP contribution in [0.4, 0.5) is 0 Å². The third-order valence-corrected chi connectivity index (χ3v) is 6.99. The Labute approximate surface area is 195 Å². The van der Waals surface area contributed by atoms with Gasteiger partial charge in [0.15, 0.2) is 5.82 Å². The first-order chi connectivity index (χ1) is 16.6. The number of nitrogens with zero attached hydrogens (tertiary/aromatic N) is 4. The van der Waals surface area contributed by atoms with Crippen LogP contribution in [0.15, 0.2) is 42.5 Å². The minimum atomic E-state index is -0.373. The average Bonchev–Trinajstić information content (AvgIpc) is 3.56. The highest BCUT2D eigenvalue weighted by Crippen LogP contribution is 2.32. The third-order valence-electron chi connectivity index (χ3n) is 6.99. The van der Waals surface area contributed by atoms with Gasteiger partial charge in [0, 0.05) is 24.1 Å². The molecule has 3 heterocycles. The number of fused-ring (bicyclic) bond motifs is 3. The Morgan fingerprint density at radius 2 is 1.97 bits per heavy atom. The van der Waals surface area contributed by atoms with Crippen molar-refractivity contribution in [1.82, 2.24) is 36.2 Å². The molecule has 1 unspecified atom stereocenters. The minimum Gasteiger partial charge on any atom is -0.350 e. The van der Waals surface area contributed by atoms with Crippen molar-refractivity contribution in [3.63, 3.8) is 0 Å². The number of rotatable bonds is 4. The second-order valence-electron chi connectivity index (χ2n) is 9.04. The largest absolute Gasteiger partial charge is 0.350 e. The molecule has 3 N–H and O–H groups in total. The van der Waals surface area contributed by atoms with Crippen LogP contribution < -0.4 is 16.0 Å². The van der Waals surface area contributed by atoms with Crippen molar-refractivity contribution in [2.45, 2.75) is 44.4 Å². The van der Waals surface area contributed by atoms with Gasteiger partial charge in [-0.1, -0.05) is 30.3 Å². The zero-order valence-electron chi connectivity index (χ0n) is 18.3. The molecule has 3 atom stereocenters. The second kappa shape index (κ2) is 8.05. The monoisotopic (exact) mass is 457 g/mol. The molecule has 0 bridgehead atoms. The van der Waals surface area contributed by atoms with Crippen molar-refractivity contribution in [1.29, 1.82) is 0 Å². The Kier molecular flexibility index (Phi) is 4.86. The van der Waals surface area contributed by atoms with Crippen LogP contribution in [0.2, 0.25) is 0 Å². The molecule has 3 aliphatic rings. The number of amides is 3. The Morgan fingerprint density at radius 3 is 2.88 bits per heavy atom. The standard InChI is InChI=1S/C24H23N7O3/c32-22(14-5-6-15-11-25-24(34)18(15)9-14)27-21-17-4-2-1-3-13(17)10-19(21)26-23(33)16-7-8-20-28-29-30-31(20)12-16/h1-6,9,16,19,21H,7-8,10-12H2,(H,25,34)(H,26,33)(H,27,32)/t16?,19-,21-/m1/s1. The van der Waals surface area contributed by atoms with E-state index in [1.165, 1.54) is 0 Å². The molecule has 3 amide bonds. The molecule has 10 nitrogen and oxygen atoms in total. The maximum atomic E-state index is 13.2. The summed E-state index contributed by atoms with van der Waals surface area (Å²) in [5.41, 5.74) is 3.92. The van der Waals surface area contributed by atoms with Crippen molar-refractivity contribution in [2.75, 3.05) is 0 Å². The first-order valence-corrected chi connectivity index (χ1v) is 11.4. The molecule has 2 aromatic carbocycles. The molecule has 2 aliphatic heterocycles. The maximum absolute atomic E-state index is 13.2. The molecule has 10 heteroatoms. The Bertz CT molecular complexity index is 1320. The zero-order chi connectivity index (χ0) is 23.2. The topological polar surface area (TPSA) is 131 Å². The lowest BCUT2D eigenvalue weighted by molar-refractivity contribution is -0.127. The molecule has 0 fully saturated rings. The van der Waals surface area contributed by atoms with Gasteiger partial charge in [0.25, 0.3) is 11.8 Å². The lowest BCUT2D eigenvalue weighted by Crippen LogP contribution is -2.47.